The van der Waals surface area contributed by atoms with Gasteiger partial charge in [0.2, 0.25) is 0 Å². The van der Waals surface area contributed by atoms with Crippen LogP contribution >= 0.6 is 0 Å². The third-order valence-electron chi connectivity index (χ3n) is 2.74. The van der Waals surface area contributed by atoms with E-state index in [-0.39, 0.29) is 19.6 Å². The molecule has 5 N–H and O–H groups in total. The smallest absolute Gasteiger partial charge is 0.122 e. The van der Waals surface area contributed by atoms with Gasteiger partial charge >= 0.3 is 0 Å². The average Bonchev–Trinajstić information content (AvgIpc) is 2.48. The predicted molar refractivity (Wildman–Crippen MR) is 74.9 cm³/mol. The molecular weight excluding hydrogens is 282 g/mol. The molecule has 0 aliphatic rings. The van der Waals surface area contributed by atoms with Gasteiger partial charge in [-0.3, -0.25) is 0 Å². The van der Waals surface area contributed by atoms with Crippen molar-refractivity contribution in [2.75, 3.05) is 46.1 Å². The first-order chi connectivity index (χ1) is 10.1. The van der Waals surface area contributed by atoms with E-state index in [1.165, 1.54) is 0 Å². The Balaban J connectivity index is 3.39. The molecule has 0 heterocycles. The quantitative estimate of drug-likeness (QED) is 0.168. The fourth-order valence-electron chi connectivity index (χ4n) is 1.53. The van der Waals surface area contributed by atoms with Crippen LogP contribution in [0.1, 0.15) is 12.8 Å². The number of rotatable bonds is 15. The van der Waals surface area contributed by atoms with Gasteiger partial charge in [-0.1, -0.05) is 0 Å². The van der Waals surface area contributed by atoms with Gasteiger partial charge < -0.3 is 40.0 Å². The van der Waals surface area contributed by atoms with Gasteiger partial charge in [-0.05, 0) is 6.42 Å². The van der Waals surface area contributed by atoms with Crippen molar-refractivity contribution in [3.8, 4) is 0 Å². The average molecular weight is 309 g/mol. The van der Waals surface area contributed by atoms with Gasteiger partial charge in [-0.25, -0.2) is 0 Å². The monoisotopic (exact) mass is 309 g/mol. The van der Waals surface area contributed by atoms with Crippen molar-refractivity contribution in [1.82, 2.24) is 5.32 Å². The van der Waals surface area contributed by atoms with E-state index in [4.69, 9.17) is 14.6 Å². The van der Waals surface area contributed by atoms with Gasteiger partial charge in [-0.15, -0.1) is 0 Å². The molecule has 0 spiro atoms. The molecule has 8 nitrogen and oxygen atoms in total. The molecule has 8 heteroatoms. The Hall–Kier alpha value is -0.610. The summed E-state index contributed by atoms with van der Waals surface area (Å²) < 4.78 is 10.3. The normalized spacial score (nSPS) is 15.6. The molecule has 21 heavy (non-hydrogen) atoms. The number of hydrogen-bond donors (Lipinski definition) is 5. The number of carbonyl (C=O) groups is 1. The SMILES string of the molecule is O=CCCOCCOCCNCC(O)C(O)C(O)CCO. The van der Waals surface area contributed by atoms with E-state index >= 15 is 0 Å². The van der Waals surface area contributed by atoms with E-state index in [1.807, 2.05) is 0 Å². The van der Waals surface area contributed by atoms with Crippen molar-refractivity contribution >= 4 is 6.29 Å². The highest BCUT2D eigenvalue weighted by molar-refractivity contribution is 5.49. The zero-order valence-electron chi connectivity index (χ0n) is 12.2. The van der Waals surface area contributed by atoms with Crippen molar-refractivity contribution in [3.05, 3.63) is 0 Å². The largest absolute Gasteiger partial charge is 0.396 e. The van der Waals surface area contributed by atoms with Gasteiger partial charge in [0.1, 0.15) is 12.4 Å². The standard InChI is InChI=1S/C13H27NO7/c15-4-1-6-20-8-9-21-7-3-14-10-12(18)13(19)11(17)2-5-16/h4,11-14,16-19H,1-3,5-10H2. The maximum atomic E-state index is 10.0. The first-order valence-electron chi connectivity index (χ1n) is 7.08. The molecule has 3 unspecified atom stereocenters. The number of hydrogen-bond acceptors (Lipinski definition) is 8. The number of carbonyl (C=O) groups excluding carboxylic acids is 1. The second kappa shape index (κ2) is 14.3. The summed E-state index contributed by atoms with van der Waals surface area (Å²) in [5.74, 6) is 0. The summed E-state index contributed by atoms with van der Waals surface area (Å²) in [7, 11) is 0. The highest BCUT2D eigenvalue weighted by atomic mass is 16.5. The second-order valence-electron chi connectivity index (χ2n) is 4.52. The first kappa shape index (κ1) is 20.4. The molecule has 0 fully saturated rings. The summed E-state index contributed by atoms with van der Waals surface area (Å²) in [6.45, 7) is 1.99. The second-order valence-corrected chi connectivity index (χ2v) is 4.52. The lowest BCUT2D eigenvalue weighted by Gasteiger charge is -2.22. The molecule has 126 valence electrons. The molecule has 0 aliphatic carbocycles. The summed E-state index contributed by atoms with van der Waals surface area (Å²) in [6.07, 6.45) is -2.36. The molecule has 0 aliphatic heterocycles. The van der Waals surface area contributed by atoms with Gasteiger partial charge in [0.25, 0.3) is 0 Å². The molecule has 0 aromatic rings. The van der Waals surface area contributed by atoms with Crippen molar-refractivity contribution in [1.29, 1.82) is 0 Å². The highest BCUT2D eigenvalue weighted by Crippen LogP contribution is 2.03. The van der Waals surface area contributed by atoms with Crippen LogP contribution in [0.25, 0.3) is 0 Å². The predicted octanol–water partition coefficient (Wildman–Crippen LogP) is -2.34. The van der Waals surface area contributed by atoms with Crippen molar-refractivity contribution in [2.24, 2.45) is 0 Å². The van der Waals surface area contributed by atoms with Crippen molar-refractivity contribution in [3.63, 3.8) is 0 Å². The van der Waals surface area contributed by atoms with Crippen LogP contribution in [0.3, 0.4) is 0 Å². The van der Waals surface area contributed by atoms with Crippen LogP contribution in [0, 0.1) is 0 Å². The first-order valence-corrected chi connectivity index (χ1v) is 7.08. The molecule has 0 rings (SSSR count). The maximum absolute atomic E-state index is 10.0. The van der Waals surface area contributed by atoms with E-state index in [0.717, 1.165) is 6.29 Å². The van der Waals surface area contributed by atoms with Crippen LogP contribution in [-0.4, -0.2) is 91.1 Å². The summed E-state index contributed by atoms with van der Waals surface area (Å²) in [5.41, 5.74) is 0. The Morgan fingerprint density at radius 3 is 2.29 bits per heavy atom. The van der Waals surface area contributed by atoms with E-state index in [1.54, 1.807) is 0 Å². The Bertz CT molecular complexity index is 243. The highest BCUT2D eigenvalue weighted by Gasteiger charge is 2.23. The third kappa shape index (κ3) is 11.7. The molecule has 0 aromatic carbocycles. The Morgan fingerprint density at radius 1 is 1.00 bits per heavy atom. The zero-order chi connectivity index (χ0) is 15.9. The van der Waals surface area contributed by atoms with E-state index in [2.05, 4.69) is 5.32 Å². The van der Waals surface area contributed by atoms with Crippen LogP contribution in [0.5, 0.6) is 0 Å². The Labute approximate surface area is 124 Å². The zero-order valence-corrected chi connectivity index (χ0v) is 12.2. The minimum absolute atomic E-state index is 0.0193. The summed E-state index contributed by atoms with van der Waals surface area (Å²) in [5, 5.41) is 40.0. The van der Waals surface area contributed by atoms with Gasteiger partial charge in [0, 0.05) is 26.1 Å². The minimum Gasteiger partial charge on any atom is -0.396 e. The fraction of sp³-hybridized carbons (Fsp3) is 0.923. The van der Waals surface area contributed by atoms with Crippen LogP contribution in [0.4, 0.5) is 0 Å². The van der Waals surface area contributed by atoms with Crippen molar-refractivity contribution < 1.29 is 34.7 Å². The molecule has 0 aromatic heterocycles. The summed E-state index contributed by atoms with van der Waals surface area (Å²) >= 11 is 0. The topological polar surface area (TPSA) is 128 Å². The molecular formula is C13H27NO7. The number of aliphatic hydroxyl groups is 4. The maximum Gasteiger partial charge on any atom is 0.122 e. The lowest BCUT2D eigenvalue weighted by atomic mass is 10.1. The number of nitrogens with one attached hydrogen (secondary N) is 1. The van der Waals surface area contributed by atoms with Gasteiger partial charge in [0.15, 0.2) is 0 Å². The van der Waals surface area contributed by atoms with Crippen LogP contribution in [-0.2, 0) is 14.3 Å². The van der Waals surface area contributed by atoms with E-state index in [9.17, 15) is 20.1 Å². The summed E-state index contributed by atoms with van der Waals surface area (Å²) in [6, 6.07) is 0. The molecule has 0 saturated heterocycles. The van der Waals surface area contributed by atoms with Gasteiger partial charge in [0.05, 0.1) is 38.6 Å². The van der Waals surface area contributed by atoms with E-state index in [0.29, 0.717) is 39.4 Å². The Morgan fingerprint density at radius 2 is 1.67 bits per heavy atom. The number of ether oxygens (including phenoxy) is 2. The molecule has 3 atom stereocenters. The lowest BCUT2D eigenvalue weighted by molar-refractivity contribution is -0.108. The lowest BCUT2D eigenvalue weighted by Crippen LogP contribution is -2.44. The number of aliphatic hydroxyl groups excluding tert-OH is 4. The Kier molecular flexibility index (Phi) is 13.9. The van der Waals surface area contributed by atoms with E-state index < -0.39 is 18.3 Å². The molecule has 0 radical (unpaired) electrons. The summed E-state index contributed by atoms with van der Waals surface area (Å²) in [4.78, 5) is 10.0. The van der Waals surface area contributed by atoms with Crippen LogP contribution < -0.4 is 5.32 Å². The third-order valence-corrected chi connectivity index (χ3v) is 2.74. The molecule has 0 bridgehead atoms. The minimum atomic E-state index is -1.29. The molecule has 0 saturated carbocycles. The molecule has 0 amide bonds. The number of aldehydes is 1. The van der Waals surface area contributed by atoms with Crippen LogP contribution in [0.15, 0.2) is 0 Å². The fourth-order valence-corrected chi connectivity index (χ4v) is 1.53. The van der Waals surface area contributed by atoms with Gasteiger partial charge in [-0.2, -0.15) is 0 Å². The van der Waals surface area contributed by atoms with Crippen molar-refractivity contribution in [2.45, 2.75) is 31.2 Å². The van der Waals surface area contributed by atoms with Crippen LogP contribution in [0.2, 0.25) is 0 Å².